The normalized spacial score (nSPS) is 18.2. The molecule has 0 aromatic rings. The maximum absolute atomic E-state index is 2.31. The van der Waals surface area contributed by atoms with Crippen molar-refractivity contribution in [2.45, 2.75) is 110 Å². The molecular weight excluding hydrogens is 372 g/mol. The molecule has 0 aromatic carbocycles. The summed E-state index contributed by atoms with van der Waals surface area (Å²) in [6.45, 7) is 27.0. The summed E-state index contributed by atoms with van der Waals surface area (Å²) in [7, 11) is 0. The van der Waals surface area contributed by atoms with E-state index in [0.717, 1.165) is 12.8 Å². The summed E-state index contributed by atoms with van der Waals surface area (Å²) in [6, 6.07) is 0. The Morgan fingerprint density at radius 1 is 0.677 bits per heavy atom. The second-order valence-electron chi connectivity index (χ2n) is 12.2. The molecule has 176 valence electrons. The van der Waals surface area contributed by atoms with Crippen LogP contribution in [-0.2, 0) is 0 Å². The first-order valence-corrected chi connectivity index (χ1v) is 11.6. The first-order valence-electron chi connectivity index (χ1n) is 11.6. The highest BCUT2D eigenvalue weighted by molar-refractivity contribution is 5.35. The molecule has 0 bridgehead atoms. The molecule has 0 amide bonds. The van der Waals surface area contributed by atoms with Crippen molar-refractivity contribution in [3.8, 4) is 0 Å². The summed E-state index contributed by atoms with van der Waals surface area (Å²) in [4.78, 5) is 0. The Morgan fingerprint density at radius 3 is 1.42 bits per heavy atom. The largest absolute Gasteiger partial charge is 0.0802 e. The van der Waals surface area contributed by atoms with Crippen molar-refractivity contribution in [2.24, 2.45) is 16.2 Å². The van der Waals surface area contributed by atoms with Gasteiger partial charge in [-0.2, -0.15) is 0 Å². The average Bonchev–Trinajstić information content (AvgIpc) is 3.27. The van der Waals surface area contributed by atoms with Gasteiger partial charge in [-0.15, -0.1) is 0 Å². The molecule has 0 unspecified atom stereocenters. The Kier molecular flexibility index (Phi) is 10.8. The van der Waals surface area contributed by atoms with E-state index in [1.807, 2.05) is 0 Å². The van der Waals surface area contributed by atoms with Crippen LogP contribution in [0.4, 0.5) is 0 Å². The molecule has 0 fully saturated rings. The van der Waals surface area contributed by atoms with Gasteiger partial charge < -0.3 is 0 Å². The predicted molar refractivity (Wildman–Crippen MR) is 144 cm³/mol. The van der Waals surface area contributed by atoms with Gasteiger partial charge in [0, 0.05) is 0 Å². The fourth-order valence-electron chi connectivity index (χ4n) is 3.88. The molecule has 0 heteroatoms. The summed E-state index contributed by atoms with van der Waals surface area (Å²) >= 11 is 0. The van der Waals surface area contributed by atoms with Crippen LogP contribution >= 0.6 is 0 Å². The van der Waals surface area contributed by atoms with E-state index in [9.17, 15) is 0 Å². The van der Waals surface area contributed by atoms with E-state index in [-0.39, 0.29) is 7.43 Å². The second-order valence-corrected chi connectivity index (χ2v) is 12.2. The van der Waals surface area contributed by atoms with Crippen LogP contribution in [0.5, 0.6) is 0 Å². The minimum Gasteiger partial charge on any atom is -0.0802 e. The summed E-state index contributed by atoms with van der Waals surface area (Å²) in [5, 5.41) is 0. The Hall–Kier alpha value is -1.56. The minimum atomic E-state index is 0. The lowest BCUT2D eigenvalue weighted by Gasteiger charge is -2.21. The first-order chi connectivity index (χ1) is 13.5. The summed E-state index contributed by atoms with van der Waals surface area (Å²) in [5.41, 5.74) is 10.2. The Bertz CT molecular complexity index is 778. The number of rotatable bonds is 0. The van der Waals surface area contributed by atoms with E-state index in [4.69, 9.17) is 0 Å². The van der Waals surface area contributed by atoms with Gasteiger partial charge in [-0.25, -0.2) is 0 Å². The second kappa shape index (κ2) is 11.3. The van der Waals surface area contributed by atoms with Gasteiger partial charge in [0.05, 0.1) is 0 Å². The number of hydrogen-bond acceptors (Lipinski definition) is 0. The molecule has 3 aliphatic rings. The first kappa shape index (κ1) is 29.4. The third kappa shape index (κ3) is 10.1. The Morgan fingerprint density at radius 2 is 1.23 bits per heavy atom. The van der Waals surface area contributed by atoms with E-state index in [1.165, 1.54) is 23.1 Å². The molecule has 0 saturated heterocycles. The highest BCUT2D eigenvalue weighted by Crippen LogP contribution is 2.35. The van der Waals surface area contributed by atoms with E-state index < -0.39 is 0 Å². The van der Waals surface area contributed by atoms with Gasteiger partial charge in [0.15, 0.2) is 0 Å². The molecule has 0 spiro atoms. The molecule has 0 saturated carbocycles. The van der Waals surface area contributed by atoms with Gasteiger partial charge in [-0.3, -0.25) is 0 Å². The maximum Gasteiger partial charge on any atom is -0.00997 e. The zero-order valence-corrected chi connectivity index (χ0v) is 22.1. The quantitative estimate of drug-likeness (QED) is 0.362. The highest BCUT2D eigenvalue weighted by Gasteiger charge is 2.20. The van der Waals surface area contributed by atoms with Crippen LogP contribution < -0.4 is 0 Å². The zero-order valence-electron chi connectivity index (χ0n) is 22.1. The van der Waals surface area contributed by atoms with Crippen LogP contribution in [-0.4, -0.2) is 0 Å². The van der Waals surface area contributed by atoms with Crippen molar-refractivity contribution >= 4 is 0 Å². The lowest BCUT2D eigenvalue weighted by molar-refractivity contribution is 0.493. The van der Waals surface area contributed by atoms with E-state index in [0.29, 0.717) is 16.2 Å². The van der Waals surface area contributed by atoms with Crippen LogP contribution in [0.3, 0.4) is 0 Å². The lowest BCUT2D eigenvalue weighted by atomic mass is 9.84. The van der Waals surface area contributed by atoms with Gasteiger partial charge in [0.1, 0.15) is 0 Å². The molecule has 0 aliphatic heterocycles. The Labute approximate surface area is 196 Å². The molecule has 3 rings (SSSR count). The van der Waals surface area contributed by atoms with Gasteiger partial charge in [0.2, 0.25) is 0 Å². The molecule has 0 nitrogen and oxygen atoms in total. The van der Waals surface area contributed by atoms with Crippen molar-refractivity contribution in [3.05, 3.63) is 69.9 Å². The van der Waals surface area contributed by atoms with Gasteiger partial charge in [-0.1, -0.05) is 140 Å². The van der Waals surface area contributed by atoms with Crippen molar-refractivity contribution in [1.82, 2.24) is 0 Å². The SMILES string of the molecule is C.CC1=C(C(C)(C)C)CC=C1.CC1=CC=C(C(C)(C)C)C1.CC1=CCC(C(C)(C)C)=C1. The van der Waals surface area contributed by atoms with Crippen LogP contribution in [0.2, 0.25) is 0 Å². The van der Waals surface area contributed by atoms with E-state index in [1.54, 1.807) is 16.7 Å². The van der Waals surface area contributed by atoms with Crippen molar-refractivity contribution in [2.75, 3.05) is 0 Å². The van der Waals surface area contributed by atoms with Crippen molar-refractivity contribution < 1.29 is 0 Å². The Balaban J connectivity index is 0.000000429. The van der Waals surface area contributed by atoms with E-state index in [2.05, 4.69) is 120 Å². The lowest BCUT2D eigenvalue weighted by Crippen LogP contribution is -2.08. The molecular formula is C31H52. The smallest absolute Gasteiger partial charge is 0.00997 e. The van der Waals surface area contributed by atoms with Crippen LogP contribution in [0.15, 0.2) is 69.9 Å². The predicted octanol–water partition coefficient (Wildman–Crippen LogP) is 10.6. The molecule has 0 atom stereocenters. The molecule has 0 N–H and O–H groups in total. The fraction of sp³-hybridized carbons (Fsp3) is 0.613. The summed E-state index contributed by atoms with van der Waals surface area (Å²) in [5.74, 6) is 0. The highest BCUT2D eigenvalue weighted by atomic mass is 14.3. The number of allylic oxidation sites excluding steroid dienone is 12. The molecule has 0 radical (unpaired) electrons. The summed E-state index contributed by atoms with van der Waals surface area (Å²) < 4.78 is 0. The molecule has 0 aromatic heterocycles. The van der Waals surface area contributed by atoms with Crippen LogP contribution in [0, 0.1) is 16.2 Å². The summed E-state index contributed by atoms with van der Waals surface area (Å²) in [6.07, 6.45) is 17.1. The molecule has 3 aliphatic carbocycles. The zero-order chi connectivity index (χ0) is 23.3. The fourth-order valence-corrected chi connectivity index (χ4v) is 3.88. The van der Waals surface area contributed by atoms with Crippen molar-refractivity contribution in [1.29, 1.82) is 0 Å². The average molecular weight is 425 g/mol. The van der Waals surface area contributed by atoms with Gasteiger partial charge in [0.25, 0.3) is 0 Å². The topological polar surface area (TPSA) is 0 Å². The van der Waals surface area contributed by atoms with Gasteiger partial charge >= 0.3 is 0 Å². The molecule has 0 heterocycles. The number of hydrogen-bond donors (Lipinski definition) is 0. The third-order valence-corrected chi connectivity index (χ3v) is 6.08. The van der Waals surface area contributed by atoms with E-state index >= 15 is 0 Å². The standard InChI is InChI=1S/3C10H16.CH4/c2*1-8-5-6-9(7-8)10(2,3)4;1-8-6-5-7-9(8)10(2,3)4;/h5,7H,6H2,1-4H3;2*5-6H,7H2,1-4H3;1H4. The molecule has 31 heavy (non-hydrogen) atoms. The minimum absolute atomic E-state index is 0. The third-order valence-electron chi connectivity index (χ3n) is 6.08. The monoisotopic (exact) mass is 424 g/mol. The van der Waals surface area contributed by atoms with Crippen molar-refractivity contribution in [3.63, 3.8) is 0 Å². The van der Waals surface area contributed by atoms with Crippen LogP contribution in [0.1, 0.15) is 110 Å². The maximum atomic E-state index is 2.31. The van der Waals surface area contributed by atoms with Gasteiger partial charge in [-0.05, 0) is 56.3 Å². The van der Waals surface area contributed by atoms with Crippen LogP contribution in [0.25, 0.3) is 0 Å².